The van der Waals surface area contributed by atoms with Crippen LogP contribution in [0.4, 0.5) is 0 Å². The summed E-state index contributed by atoms with van der Waals surface area (Å²) in [5.74, 6) is 0.873. The second kappa shape index (κ2) is 4.46. The minimum Gasteiger partial charge on any atom is -0.464 e. The van der Waals surface area contributed by atoms with Crippen molar-refractivity contribution < 1.29 is 4.42 Å². The molecule has 0 bridgehead atoms. The van der Waals surface area contributed by atoms with E-state index in [2.05, 4.69) is 48.3 Å². The zero-order valence-corrected chi connectivity index (χ0v) is 12.6. The van der Waals surface area contributed by atoms with Crippen molar-refractivity contribution in [3.8, 4) is 11.3 Å². The Morgan fingerprint density at radius 3 is 2.74 bits per heavy atom. The molecule has 0 radical (unpaired) electrons. The van der Waals surface area contributed by atoms with Gasteiger partial charge in [-0.3, -0.25) is 0 Å². The van der Waals surface area contributed by atoms with Crippen LogP contribution >= 0.6 is 0 Å². The normalized spacial score (nSPS) is 11.7. The van der Waals surface area contributed by atoms with Crippen molar-refractivity contribution in [2.45, 2.75) is 6.92 Å². The number of aryl methyl sites for hydroxylation is 1. The Morgan fingerprint density at radius 1 is 0.957 bits per heavy atom. The van der Waals surface area contributed by atoms with Gasteiger partial charge >= 0.3 is 0 Å². The molecule has 23 heavy (non-hydrogen) atoms. The Balaban J connectivity index is 2.10. The molecule has 3 heterocycles. The van der Waals surface area contributed by atoms with E-state index in [4.69, 9.17) is 9.40 Å². The summed E-state index contributed by atoms with van der Waals surface area (Å²) in [5, 5.41) is 3.41. The van der Waals surface area contributed by atoms with Gasteiger partial charge in [0.25, 0.3) is 0 Å². The van der Waals surface area contributed by atoms with Crippen molar-refractivity contribution in [2.75, 3.05) is 0 Å². The predicted molar refractivity (Wildman–Crippen MR) is 93.5 cm³/mol. The number of fused-ring (bicyclic) bond motifs is 4. The Morgan fingerprint density at radius 2 is 1.87 bits per heavy atom. The summed E-state index contributed by atoms with van der Waals surface area (Å²) in [6.45, 7) is 2.10. The molecule has 0 fully saturated rings. The number of furan rings is 1. The third-order valence-corrected chi connectivity index (χ3v) is 4.36. The predicted octanol–water partition coefficient (Wildman–Crippen LogP) is 5.44. The van der Waals surface area contributed by atoms with Crippen LogP contribution in [0.25, 0.3) is 44.2 Å². The van der Waals surface area contributed by atoms with Crippen LogP contribution < -0.4 is 0 Å². The first kappa shape index (κ1) is 12.5. The summed E-state index contributed by atoms with van der Waals surface area (Å²) in [5.41, 5.74) is 5.28. The molecule has 3 heteroatoms. The van der Waals surface area contributed by atoms with Crippen molar-refractivity contribution in [1.29, 1.82) is 0 Å². The maximum absolute atomic E-state index is 5.75. The molecule has 3 nitrogen and oxygen atoms in total. The van der Waals surface area contributed by atoms with Gasteiger partial charge in [-0.1, -0.05) is 29.8 Å². The van der Waals surface area contributed by atoms with E-state index in [0.29, 0.717) is 0 Å². The lowest BCUT2D eigenvalue weighted by Crippen LogP contribution is -1.87. The van der Waals surface area contributed by atoms with E-state index in [-0.39, 0.29) is 0 Å². The zero-order chi connectivity index (χ0) is 15.4. The van der Waals surface area contributed by atoms with Gasteiger partial charge in [0, 0.05) is 27.2 Å². The van der Waals surface area contributed by atoms with Crippen LogP contribution in [0, 0.1) is 6.92 Å². The molecule has 3 aromatic heterocycles. The number of pyridine rings is 1. The highest BCUT2D eigenvalue weighted by Crippen LogP contribution is 2.39. The molecule has 0 spiro atoms. The van der Waals surface area contributed by atoms with Crippen molar-refractivity contribution in [3.63, 3.8) is 0 Å². The molecule has 0 aliphatic rings. The van der Waals surface area contributed by atoms with E-state index >= 15 is 0 Å². The number of nitrogens with one attached hydrogen (secondary N) is 1. The minimum absolute atomic E-state index is 0.873. The van der Waals surface area contributed by atoms with E-state index in [1.165, 1.54) is 10.9 Å². The van der Waals surface area contributed by atoms with Gasteiger partial charge in [-0.15, -0.1) is 0 Å². The second-order valence-corrected chi connectivity index (χ2v) is 5.88. The van der Waals surface area contributed by atoms with Crippen LogP contribution in [0.5, 0.6) is 0 Å². The maximum atomic E-state index is 5.75. The largest absolute Gasteiger partial charge is 0.464 e. The molecule has 2 aromatic carbocycles. The Hall–Kier alpha value is -3.07. The summed E-state index contributed by atoms with van der Waals surface area (Å²) in [6.07, 6.45) is 1.72. The highest BCUT2D eigenvalue weighted by molar-refractivity contribution is 6.19. The van der Waals surface area contributed by atoms with E-state index in [1.54, 1.807) is 6.26 Å². The van der Waals surface area contributed by atoms with E-state index in [1.807, 2.05) is 18.2 Å². The van der Waals surface area contributed by atoms with Crippen molar-refractivity contribution in [1.82, 2.24) is 9.97 Å². The molecule has 0 aliphatic heterocycles. The Kier molecular flexibility index (Phi) is 2.42. The first-order chi connectivity index (χ1) is 11.3. The van der Waals surface area contributed by atoms with Crippen LogP contribution in [-0.2, 0) is 0 Å². The SMILES string of the molecule is Cc1ccc2nc3[nH]c4ccccc4c3c(-c3ccco3)c2c1. The summed E-state index contributed by atoms with van der Waals surface area (Å²) in [7, 11) is 0. The van der Waals surface area contributed by atoms with Crippen LogP contribution in [0.15, 0.2) is 65.3 Å². The number of aromatic nitrogens is 2. The van der Waals surface area contributed by atoms with E-state index < -0.39 is 0 Å². The average molecular weight is 298 g/mol. The lowest BCUT2D eigenvalue weighted by atomic mass is 10.00. The molecule has 0 saturated heterocycles. The fraction of sp³-hybridized carbons (Fsp3) is 0.0500. The summed E-state index contributed by atoms with van der Waals surface area (Å²) >= 11 is 0. The molecule has 110 valence electrons. The highest BCUT2D eigenvalue weighted by Gasteiger charge is 2.17. The van der Waals surface area contributed by atoms with Gasteiger partial charge in [-0.2, -0.15) is 0 Å². The third-order valence-electron chi connectivity index (χ3n) is 4.36. The zero-order valence-electron chi connectivity index (χ0n) is 12.6. The quantitative estimate of drug-likeness (QED) is 0.448. The highest BCUT2D eigenvalue weighted by atomic mass is 16.3. The monoisotopic (exact) mass is 298 g/mol. The number of benzene rings is 2. The lowest BCUT2D eigenvalue weighted by molar-refractivity contribution is 0.583. The van der Waals surface area contributed by atoms with Gasteiger partial charge in [0.05, 0.1) is 11.8 Å². The van der Waals surface area contributed by atoms with E-state index in [9.17, 15) is 0 Å². The summed E-state index contributed by atoms with van der Waals surface area (Å²) < 4.78 is 5.75. The van der Waals surface area contributed by atoms with Gasteiger partial charge in [-0.05, 0) is 37.3 Å². The van der Waals surface area contributed by atoms with Crippen molar-refractivity contribution in [2.24, 2.45) is 0 Å². The Labute approximate surface area is 132 Å². The molecule has 0 unspecified atom stereocenters. The average Bonchev–Trinajstić information content (AvgIpc) is 3.20. The molecular weight excluding hydrogens is 284 g/mol. The number of H-pyrrole nitrogens is 1. The number of rotatable bonds is 1. The molecular formula is C20H14N2O. The molecule has 5 aromatic rings. The first-order valence-corrected chi connectivity index (χ1v) is 7.66. The summed E-state index contributed by atoms with van der Waals surface area (Å²) in [4.78, 5) is 8.26. The molecule has 0 aliphatic carbocycles. The second-order valence-electron chi connectivity index (χ2n) is 5.88. The number of nitrogens with zero attached hydrogens (tertiary/aromatic N) is 1. The molecule has 1 N–H and O–H groups in total. The molecule has 0 atom stereocenters. The third kappa shape index (κ3) is 1.73. The minimum atomic E-state index is 0.873. The number of hydrogen-bond acceptors (Lipinski definition) is 2. The van der Waals surface area contributed by atoms with Crippen LogP contribution in [-0.4, -0.2) is 9.97 Å². The van der Waals surface area contributed by atoms with Crippen molar-refractivity contribution in [3.05, 3.63) is 66.4 Å². The van der Waals surface area contributed by atoms with Crippen LogP contribution in [0.3, 0.4) is 0 Å². The Bertz CT molecular complexity index is 1170. The maximum Gasteiger partial charge on any atom is 0.139 e. The van der Waals surface area contributed by atoms with Gasteiger partial charge in [0.2, 0.25) is 0 Å². The number of para-hydroxylation sites is 1. The standard InChI is InChI=1S/C20H14N2O/c1-12-8-9-16-14(11-12)18(17-7-4-10-23-17)19-13-5-2-3-6-15(13)21-20(19)22-16/h2-11H,1H3,(H,21,22). The smallest absolute Gasteiger partial charge is 0.139 e. The number of hydrogen-bond donors (Lipinski definition) is 1. The topological polar surface area (TPSA) is 41.8 Å². The van der Waals surface area contributed by atoms with Gasteiger partial charge in [0.1, 0.15) is 11.4 Å². The molecule has 0 saturated carbocycles. The van der Waals surface area contributed by atoms with Gasteiger partial charge in [0.15, 0.2) is 0 Å². The van der Waals surface area contributed by atoms with Crippen LogP contribution in [0.1, 0.15) is 5.56 Å². The van der Waals surface area contributed by atoms with Gasteiger partial charge in [-0.25, -0.2) is 4.98 Å². The molecule has 0 amide bonds. The first-order valence-electron chi connectivity index (χ1n) is 7.66. The van der Waals surface area contributed by atoms with Crippen LogP contribution in [0.2, 0.25) is 0 Å². The fourth-order valence-corrected chi connectivity index (χ4v) is 3.34. The van der Waals surface area contributed by atoms with Crippen molar-refractivity contribution >= 4 is 32.8 Å². The van der Waals surface area contributed by atoms with E-state index in [0.717, 1.165) is 38.8 Å². The van der Waals surface area contributed by atoms with Gasteiger partial charge < -0.3 is 9.40 Å². The summed E-state index contributed by atoms with van der Waals surface area (Å²) in [6, 6.07) is 18.6. The fourth-order valence-electron chi connectivity index (χ4n) is 3.34. The lowest BCUT2D eigenvalue weighted by Gasteiger charge is -2.07. The molecule has 5 rings (SSSR count). The number of aromatic amines is 1.